The van der Waals surface area contributed by atoms with Crippen LogP contribution in [0.2, 0.25) is 0 Å². The Morgan fingerprint density at radius 2 is 2.13 bits per heavy atom. The highest BCUT2D eigenvalue weighted by Gasteiger charge is 2.38. The Morgan fingerprint density at radius 3 is 2.74 bits per heavy atom. The maximum Gasteiger partial charge on any atom is 0.241 e. The molecule has 0 radical (unpaired) electrons. The fourth-order valence-corrected chi connectivity index (χ4v) is 4.47. The van der Waals surface area contributed by atoms with Crippen LogP contribution in [0.4, 0.5) is 0 Å². The summed E-state index contributed by atoms with van der Waals surface area (Å²) in [6.45, 7) is 2.99. The molecule has 3 atom stereocenters. The number of hydrogen-bond donors (Lipinski definition) is 0. The van der Waals surface area contributed by atoms with E-state index in [0.29, 0.717) is 31.3 Å². The van der Waals surface area contributed by atoms with E-state index < -0.39 is 16.1 Å². The first-order valence-electron chi connectivity index (χ1n) is 8.08. The second-order valence-electron chi connectivity index (χ2n) is 6.85. The summed E-state index contributed by atoms with van der Waals surface area (Å²) >= 11 is 0. The molecule has 2 heterocycles. The molecule has 1 saturated carbocycles. The standard InChI is InChI=1S/C16H24N2O4S/c1-11-9-13(11)15-7-6-12(22-15)10-17(2)16(19)14-5-4-8-18(14)23(3,20)21/h6-7,11,13-14H,4-5,8-10H2,1-3H3/t11-,13-,14-/m1/s1. The molecule has 1 saturated heterocycles. The van der Waals surface area contributed by atoms with Crippen LogP contribution in [0.3, 0.4) is 0 Å². The van der Waals surface area contributed by atoms with E-state index >= 15 is 0 Å². The Morgan fingerprint density at radius 1 is 1.43 bits per heavy atom. The third-order valence-corrected chi connectivity index (χ3v) is 6.13. The minimum Gasteiger partial charge on any atom is -0.464 e. The summed E-state index contributed by atoms with van der Waals surface area (Å²) < 4.78 is 30.7. The molecule has 6 nitrogen and oxygen atoms in total. The van der Waals surface area contributed by atoms with Crippen LogP contribution in [-0.4, -0.2) is 49.4 Å². The largest absolute Gasteiger partial charge is 0.464 e. The van der Waals surface area contributed by atoms with Gasteiger partial charge < -0.3 is 9.32 Å². The lowest BCUT2D eigenvalue weighted by atomic mass is 10.2. The van der Waals surface area contributed by atoms with Gasteiger partial charge in [0, 0.05) is 19.5 Å². The van der Waals surface area contributed by atoms with Crippen LogP contribution in [0, 0.1) is 5.92 Å². The fourth-order valence-electron chi connectivity index (χ4n) is 3.35. The first-order valence-corrected chi connectivity index (χ1v) is 9.92. The third-order valence-electron chi connectivity index (χ3n) is 4.84. The minimum atomic E-state index is -3.35. The predicted molar refractivity (Wildman–Crippen MR) is 86.3 cm³/mol. The number of carbonyl (C=O) groups is 1. The van der Waals surface area contributed by atoms with E-state index in [1.54, 1.807) is 11.9 Å². The van der Waals surface area contributed by atoms with Crippen molar-refractivity contribution in [3.63, 3.8) is 0 Å². The van der Waals surface area contributed by atoms with Crippen LogP contribution in [-0.2, 0) is 21.4 Å². The summed E-state index contributed by atoms with van der Waals surface area (Å²) in [5, 5.41) is 0. The lowest BCUT2D eigenvalue weighted by molar-refractivity contribution is -0.134. The predicted octanol–water partition coefficient (Wildman–Crippen LogP) is 1.79. The number of amides is 1. The first-order chi connectivity index (χ1) is 10.8. The molecular weight excluding hydrogens is 316 g/mol. The van der Waals surface area contributed by atoms with Crippen molar-refractivity contribution in [3.05, 3.63) is 23.7 Å². The van der Waals surface area contributed by atoms with Crippen LogP contribution >= 0.6 is 0 Å². The van der Waals surface area contributed by atoms with E-state index in [1.165, 1.54) is 4.31 Å². The van der Waals surface area contributed by atoms with Crippen molar-refractivity contribution in [2.45, 2.75) is 44.7 Å². The molecule has 0 spiro atoms. The molecule has 0 unspecified atom stereocenters. The van der Waals surface area contributed by atoms with Crippen molar-refractivity contribution in [1.29, 1.82) is 0 Å². The maximum atomic E-state index is 12.6. The zero-order chi connectivity index (χ0) is 16.8. The summed E-state index contributed by atoms with van der Waals surface area (Å²) in [5.74, 6) is 2.77. The summed E-state index contributed by atoms with van der Waals surface area (Å²) in [7, 11) is -1.65. The van der Waals surface area contributed by atoms with Crippen LogP contribution in [0.5, 0.6) is 0 Å². The van der Waals surface area contributed by atoms with Crippen molar-refractivity contribution in [3.8, 4) is 0 Å². The molecule has 3 rings (SSSR count). The van der Waals surface area contributed by atoms with E-state index in [-0.39, 0.29) is 5.91 Å². The molecular formula is C16H24N2O4S. The van der Waals surface area contributed by atoms with Crippen molar-refractivity contribution in [2.24, 2.45) is 5.92 Å². The molecule has 1 aliphatic carbocycles. The second kappa shape index (κ2) is 5.94. The third kappa shape index (κ3) is 3.45. The monoisotopic (exact) mass is 340 g/mol. The molecule has 0 bridgehead atoms. The van der Waals surface area contributed by atoms with Crippen LogP contribution in [0.15, 0.2) is 16.5 Å². The van der Waals surface area contributed by atoms with Gasteiger partial charge in [-0.1, -0.05) is 6.92 Å². The SMILES string of the molecule is C[C@@H]1C[C@H]1c1ccc(CN(C)C(=O)[C@H]2CCCN2S(C)(=O)=O)o1. The van der Waals surface area contributed by atoms with Crippen molar-refractivity contribution >= 4 is 15.9 Å². The van der Waals surface area contributed by atoms with Crippen LogP contribution in [0.25, 0.3) is 0 Å². The molecule has 128 valence electrons. The Labute approximate surface area is 137 Å². The van der Waals surface area contributed by atoms with Crippen LogP contribution in [0.1, 0.15) is 43.6 Å². The van der Waals surface area contributed by atoms with E-state index in [0.717, 1.165) is 30.6 Å². The summed E-state index contributed by atoms with van der Waals surface area (Å²) in [6.07, 6.45) is 3.63. The normalized spacial score (nSPS) is 28.0. The zero-order valence-electron chi connectivity index (χ0n) is 13.9. The summed E-state index contributed by atoms with van der Waals surface area (Å²) in [4.78, 5) is 14.2. The Hall–Kier alpha value is -1.34. The number of sulfonamides is 1. The van der Waals surface area contributed by atoms with Gasteiger partial charge in [0.2, 0.25) is 15.9 Å². The maximum absolute atomic E-state index is 12.6. The van der Waals surface area contributed by atoms with Crippen molar-refractivity contribution < 1.29 is 17.6 Å². The van der Waals surface area contributed by atoms with Gasteiger partial charge in [0.05, 0.1) is 12.8 Å². The van der Waals surface area contributed by atoms with E-state index in [2.05, 4.69) is 6.92 Å². The average molecular weight is 340 g/mol. The highest BCUT2D eigenvalue weighted by Crippen LogP contribution is 2.47. The van der Waals surface area contributed by atoms with Gasteiger partial charge in [-0.2, -0.15) is 4.31 Å². The Kier molecular flexibility index (Phi) is 4.27. The van der Waals surface area contributed by atoms with Gasteiger partial charge in [0.25, 0.3) is 0 Å². The second-order valence-corrected chi connectivity index (χ2v) is 8.78. The first kappa shape index (κ1) is 16.5. The molecule has 2 aliphatic rings. The molecule has 1 aromatic rings. The van der Waals surface area contributed by atoms with Gasteiger partial charge in [-0.25, -0.2) is 8.42 Å². The quantitative estimate of drug-likeness (QED) is 0.819. The number of hydrogen-bond acceptors (Lipinski definition) is 4. The van der Waals surface area contributed by atoms with Crippen molar-refractivity contribution in [1.82, 2.24) is 9.21 Å². The van der Waals surface area contributed by atoms with Crippen molar-refractivity contribution in [2.75, 3.05) is 19.8 Å². The number of nitrogens with zero attached hydrogens (tertiary/aromatic N) is 2. The molecule has 1 aliphatic heterocycles. The van der Waals surface area contributed by atoms with Gasteiger partial charge in [-0.05, 0) is 37.3 Å². The number of rotatable bonds is 5. The molecule has 23 heavy (non-hydrogen) atoms. The van der Waals surface area contributed by atoms with Gasteiger partial charge in [-0.15, -0.1) is 0 Å². The topological polar surface area (TPSA) is 70.8 Å². The fraction of sp³-hybridized carbons (Fsp3) is 0.688. The number of carbonyl (C=O) groups excluding carboxylic acids is 1. The smallest absolute Gasteiger partial charge is 0.241 e. The van der Waals surface area contributed by atoms with Crippen LogP contribution < -0.4 is 0 Å². The Bertz CT molecular complexity index is 697. The van der Waals surface area contributed by atoms with Gasteiger partial charge in [0.1, 0.15) is 17.6 Å². The lowest BCUT2D eigenvalue weighted by Crippen LogP contribution is -2.45. The number of furan rings is 1. The van der Waals surface area contributed by atoms with Gasteiger partial charge in [0.15, 0.2) is 0 Å². The summed E-state index contributed by atoms with van der Waals surface area (Å²) in [6, 6.07) is 3.32. The average Bonchev–Trinajstić information content (AvgIpc) is 2.93. The molecule has 0 N–H and O–H groups in total. The van der Waals surface area contributed by atoms with Gasteiger partial charge in [-0.3, -0.25) is 4.79 Å². The molecule has 1 aromatic heterocycles. The summed E-state index contributed by atoms with van der Waals surface area (Å²) in [5.41, 5.74) is 0. The zero-order valence-corrected chi connectivity index (χ0v) is 14.7. The highest BCUT2D eigenvalue weighted by molar-refractivity contribution is 7.88. The molecule has 1 amide bonds. The lowest BCUT2D eigenvalue weighted by Gasteiger charge is -2.25. The highest BCUT2D eigenvalue weighted by atomic mass is 32.2. The van der Waals surface area contributed by atoms with E-state index in [1.807, 2.05) is 12.1 Å². The number of likely N-dealkylation sites (N-methyl/N-ethyl adjacent to an activating group) is 1. The molecule has 2 fully saturated rings. The van der Waals surface area contributed by atoms with E-state index in [4.69, 9.17) is 4.42 Å². The Balaban J connectivity index is 1.64. The molecule has 7 heteroatoms. The van der Waals surface area contributed by atoms with Gasteiger partial charge >= 0.3 is 0 Å². The van der Waals surface area contributed by atoms with E-state index in [9.17, 15) is 13.2 Å². The molecule has 0 aromatic carbocycles. The minimum absolute atomic E-state index is 0.161.